The van der Waals surface area contributed by atoms with Gasteiger partial charge in [-0.15, -0.1) is 0 Å². The Kier molecular flexibility index (Phi) is 5.00. The second-order valence-electron chi connectivity index (χ2n) is 8.88. The fourth-order valence-electron chi connectivity index (χ4n) is 5.20. The van der Waals surface area contributed by atoms with E-state index in [4.69, 9.17) is 38.3 Å². The minimum Gasteiger partial charge on any atom is -0.336 e. The Morgan fingerprint density at radius 2 is 1.76 bits per heavy atom. The summed E-state index contributed by atoms with van der Waals surface area (Å²) in [6, 6.07) is 15.8. The van der Waals surface area contributed by atoms with E-state index in [9.17, 15) is 4.79 Å². The van der Waals surface area contributed by atoms with Crippen LogP contribution in [-0.2, 0) is 4.79 Å². The molecule has 9 heteroatoms. The lowest BCUT2D eigenvalue weighted by Gasteiger charge is -2.33. The first-order chi connectivity index (χ1) is 16.4. The number of carbonyl (C=O) groups excluding carboxylic acids is 1. The van der Waals surface area contributed by atoms with Crippen molar-refractivity contribution in [2.24, 2.45) is 0 Å². The number of piperazine rings is 1. The van der Waals surface area contributed by atoms with Crippen molar-refractivity contribution in [1.29, 1.82) is 0 Å². The highest BCUT2D eigenvalue weighted by atomic mass is 35.5. The van der Waals surface area contributed by atoms with Gasteiger partial charge in [-0.25, -0.2) is 0 Å². The molecule has 2 aliphatic rings. The van der Waals surface area contributed by atoms with Crippen LogP contribution in [0.4, 0.5) is 5.95 Å². The number of benzene rings is 2. The monoisotopic (exact) mass is 492 g/mol. The summed E-state index contributed by atoms with van der Waals surface area (Å²) in [4.78, 5) is 26.0. The molecule has 2 aromatic carbocycles. The molecule has 172 valence electrons. The van der Waals surface area contributed by atoms with Crippen molar-refractivity contribution in [2.45, 2.75) is 32.4 Å². The molecule has 7 nitrogen and oxygen atoms in total. The van der Waals surface area contributed by atoms with Crippen LogP contribution in [0, 0.1) is 6.92 Å². The summed E-state index contributed by atoms with van der Waals surface area (Å²) in [5, 5.41) is 6.18. The van der Waals surface area contributed by atoms with E-state index in [0.29, 0.717) is 28.2 Å². The highest BCUT2D eigenvalue weighted by Gasteiger charge is 2.45. The number of anilines is 1. The van der Waals surface area contributed by atoms with E-state index in [1.807, 2.05) is 60.4 Å². The molecule has 2 aliphatic heterocycles. The van der Waals surface area contributed by atoms with Gasteiger partial charge >= 0.3 is 0 Å². The first-order valence-electron chi connectivity index (χ1n) is 11.2. The zero-order valence-corrected chi connectivity index (χ0v) is 20.3. The molecule has 0 spiro atoms. The fourth-order valence-corrected chi connectivity index (χ4v) is 5.55. The van der Waals surface area contributed by atoms with Gasteiger partial charge in [0.15, 0.2) is 5.65 Å². The average molecular weight is 493 g/mol. The zero-order valence-electron chi connectivity index (χ0n) is 18.7. The van der Waals surface area contributed by atoms with Crippen LogP contribution >= 0.6 is 23.2 Å². The van der Waals surface area contributed by atoms with Crippen LogP contribution in [0.25, 0.3) is 28.0 Å². The van der Waals surface area contributed by atoms with Gasteiger partial charge in [-0.2, -0.15) is 19.6 Å². The Bertz CT molecular complexity index is 1430. The Balaban J connectivity index is 1.53. The van der Waals surface area contributed by atoms with E-state index < -0.39 is 0 Å². The summed E-state index contributed by atoms with van der Waals surface area (Å²) in [6.45, 7) is 5.02. The molecule has 2 fully saturated rings. The van der Waals surface area contributed by atoms with Crippen molar-refractivity contribution >= 4 is 40.7 Å². The molecule has 0 aliphatic carbocycles. The van der Waals surface area contributed by atoms with Gasteiger partial charge in [0.1, 0.15) is 11.5 Å². The smallest absolute Gasteiger partial charge is 0.229 e. The van der Waals surface area contributed by atoms with Crippen LogP contribution in [0.1, 0.15) is 19.2 Å². The van der Waals surface area contributed by atoms with E-state index in [0.717, 1.165) is 41.2 Å². The van der Waals surface area contributed by atoms with Gasteiger partial charge in [0.25, 0.3) is 0 Å². The molecule has 2 unspecified atom stereocenters. The molecule has 4 heterocycles. The third-order valence-electron chi connectivity index (χ3n) is 6.80. The molecular formula is C25H22Cl2N6O. The van der Waals surface area contributed by atoms with Gasteiger partial charge in [-0.1, -0.05) is 53.5 Å². The van der Waals surface area contributed by atoms with Crippen molar-refractivity contribution in [3.63, 3.8) is 0 Å². The molecular weight excluding hydrogens is 471 g/mol. The van der Waals surface area contributed by atoms with Crippen LogP contribution in [0.2, 0.25) is 10.0 Å². The molecule has 4 aromatic rings. The predicted molar refractivity (Wildman–Crippen MR) is 133 cm³/mol. The van der Waals surface area contributed by atoms with Crippen LogP contribution < -0.4 is 4.90 Å². The maximum Gasteiger partial charge on any atom is 0.229 e. The predicted octanol–water partition coefficient (Wildman–Crippen LogP) is 4.88. The highest BCUT2D eigenvalue weighted by molar-refractivity contribution is 6.33. The first kappa shape index (κ1) is 21.4. The Morgan fingerprint density at radius 3 is 2.44 bits per heavy atom. The van der Waals surface area contributed by atoms with Crippen LogP contribution in [0.3, 0.4) is 0 Å². The number of fused-ring (bicyclic) bond motifs is 3. The number of nitrogens with zero attached hydrogens (tertiary/aromatic N) is 6. The third kappa shape index (κ3) is 3.34. The first-order valence-corrected chi connectivity index (χ1v) is 12.0. The molecule has 2 aromatic heterocycles. The van der Waals surface area contributed by atoms with Gasteiger partial charge in [-0.05, 0) is 37.1 Å². The maximum absolute atomic E-state index is 11.9. The minimum atomic E-state index is 0.130. The van der Waals surface area contributed by atoms with Crippen LogP contribution in [-0.4, -0.2) is 55.6 Å². The van der Waals surface area contributed by atoms with Crippen molar-refractivity contribution in [2.75, 3.05) is 18.0 Å². The zero-order chi connectivity index (χ0) is 23.6. The summed E-state index contributed by atoms with van der Waals surface area (Å²) in [6.07, 6.45) is 0.946. The number of rotatable bonds is 3. The van der Waals surface area contributed by atoms with Gasteiger partial charge in [-0.3, -0.25) is 4.79 Å². The summed E-state index contributed by atoms with van der Waals surface area (Å²) < 4.78 is 1.78. The van der Waals surface area contributed by atoms with E-state index >= 15 is 0 Å². The van der Waals surface area contributed by atoms with Crippen molar-refractivity contribution in [1.82, 2.24) is 24.5 Å². The molecule has 2 atom stereocenters. The summed E-state index contributed by atoms with van der Waals surface area (Å²) in [5.74, 6) is 1.53. The second-order valence-corrected chi connectivity index (χ2v) is 9.73. The number of aryl methyl sites for hydroxylation is 1. The topological polar surface area (TPSA) is 66.6 Å². The molecule has 0 radical (unpaired) electrons. The number of carbonyl (C=O) groups is 1. The number of aromatic nitrogens is 4. The molecule has 0 saturated carbocycles. The highest BCUT2D eigenvalue weighted by Crippen LogP contribution is 2.39. The Morgan fingerprint density at radius 1 is 1.00 bits per heavy atom. The molecule has 0 N–H and O–H groups in total. The van der Waals surface area contributed by atoms with Gasteiger partial charge in [0.05, 0.1) is 22.7 Å². The quantitative estimate of drug-likeness (QED) is 0.407. The molecule has 6 rings (SSSR count). The number of hydrogen-bond acceptors (Lipinski definition) is 5. The Labute approximate surface area is 206 Å². The summed E-state index contributed by atoms with van der Waals surface area (Å²) in [5.41, 5.74) is 4.12. The number of amides is 1. The van der Waals surface area contributed by atoms with E-state index in [2.05, 4.69) is 4.90 Å². The molecule has 2 saturated heterocycles. The average Bonchev–Trinajstić information content (AvgIpc) is 3.53. The van der Waals surface area contributed by atoms with Gasteiger partial charge in [0.2, 0.25) is 11.9 Å². The fraction of sp³-hybridized carbons (Fsp3) is 0.280. The standard InChI is InChI=1S/C25H22Cl2N6O/c1-14-28-25(32-13-18-11-19(32)12-31(18)15(2)34)29-24-22(16-7-9-17(26)10-8-16)23(30-33(14)24)20-5-3-4-6-21(20)27/h3-10,18-19H,11-13H2,1-2H3. The molecule has 34 heavy (non-hydrogen) atoms. The third-order valence-corrected chi connectivity index (χ3v) is 7.38. The lowest BCUT2D eigenvalue weighted by molar-refractivity contribution is -0.129. The number of likely N-dealkylation sites (tertiary alicyclic amines) is 1. The van der Waals surface area contributed by atoms with Crippen molar-refractivity contribution in [3.8, 4) is 22.4 Å². The minimum absolute atomic E-state index is 0.130. The van der Waals surface area contributed by atoms with Crippen LogP contribution in [0.15, 0.2) is 48.5 Å². The SMILES string of the molecule is CC(=O)N1CC2CC1CN2c1nc(C)n2nc(-c3ccccc3Cl)c(-c3ccc(Cl)cc3)c2n1. The molecule has 1 amide bonds. The number of halogens is 2. The van der Waals surface area contributed by atoms with E-state index in [1.54, 1.807) is 11.4 Å². The summed E-state index contributed by atoms with van der Waals surface area (Å²) >= 11 is 12.8. The van der Waals surface area contributed by atoms with E-state index in [1.165, 1.54) is 0 Å². The van der Waals surface area contributed by atoms with E-state index in [-0.39, 0.29) is 18.0 Å². The van der Waals surface area contributed by atoms with Gasteiger partial charge in [0, 0.05) is 30.6 Å². The molecule has 2 bridgehead atoms. The van der Waals surface area contributed by atoms with Gasteiger partial charge < -0.3 is 9.80 Å². The lowest BCUT2D eigenvalue weighted by atomic mass is 10.0. The second kappa shape index (κ2) is 7.96. The van der Waals surface area contributed by atoms with Crippen LogP contribution in [0.5, 0.6) is 0 Å². The lowest BCUT2D eigenvalue weighted by Crippen LogP contribution is -2.48. The number of hydrogen-bond donors (Lipinski definition) is 0. The van der Waals surface area contributed by atoms with Crippen molar-refractivity contribution in [3.05, 3.63) is 64.4 Å². The summed E-state index contributed by atoms with van der Waals surface area (Å²) in [7, 11) is 0. The maximum atomic E-state index is 11.9. The normalized spacial score (nSPS) is 19.4. The van der Waals surface area contributed by atoms with Crippen molar-refractivity contribution < 1.29 is 4.79 Å². The Hall–Kier alpha value is -3.16. The largest absolute Gasteiger partial charge is 0.336 e.